The van der Waals surface area contributed by atoms with Crippen LogP contribution < -0.4 is 10.6 Å². The number of rotatable bonds is 3. The van der Waals surface area contributed by atoms with Crippen molar-refractivity contribution in [1.82, 2.24) is 10.6 Å². The van der Waals surface area contributed by atoms with Crippen LogP contribution >= 0.6 is 15.9 Å². The Morgan fingerprint density at radius 3 is 3.10 bits per heavy atom. The fourth-order valence-electron chi connectivity index (χ4n) is 2.56. The third-order valence-electron chi connectivity index (χ3n) is 3.66. The van der Waals surface area contributed by atoms with Gasteiger partial charge in [0.15, 0.2) is 0 Å². The number of hydrogen-bond donors (Lipinski definition) is 2. The van der Waals surface area contributed by atoms with E-state index >= 15 is 0 Å². The molecule has 1 amide bonds. The van der Waals surface area contributed by atoms with E-state index in [4.69, 9.17) is 4.42 Å². The Morgan fingerprint density at radius 1 is 1.45 bits per heavy atom. The van der Waals surface area contributed by atoms with Gasteiger partial charge in [-0.15, -0.1) is 0 Å². The van der Waals surface area contributed by atoms with E-state index in [1.807, 2.05) is 31.2 Å². The zero-order chi connectivity index (χ0) is 14.1. The first-order chi connectivity index (χ1) is 9.63. The van der Waals surface area contributed by atoms with Crippen molar-refractivity contribution in [2.24, 2.45) is 0 Å². The Bertz CT molecular complexity index is 638. The lowest BCUT2D eigenvalue weighted by atomic mass is 10.1. The highest BCUT2D eigenvalue weighted by molar-refractivity contribution is 9.10. The van der Waals surface area contributed by atoms with Gasteiger partial charge in [-0.25, -0.2) is 0 Å². The van der Waals surface area contributed by atoms with Crippen LogP contribution in [0.1, 0.15) is 31.6 Å². The SMILES string of the molecule is CC(NC1CCCNC1=O)c1cc2cc(Br)ccc2o1. The molecule has 0 spiro atoms. The van der Waals surface area contributed by atoms with E-state index in [1.54, 1.807) is 0 Å². The van der Waals surface area contributed by atoms with Crippen LogP contribution in [0.15, 0.2) is 33.2 Å². The quantitative estimate of drug-likeness (QED) is 0.905. The van der Waals surface area contributed by atoms with E-state index < -0.39 is 0 Å². The highest BCUT2D eigenvalue weighted by Crippen LogP contribution is 2.27. The van der Waals surface area contributed by atoms with Crippen LogP contribution in [-0.2, 0) is 4.79 Å². The molecule has 1 fully saturated rings. The van der Waals surface area contributed by atoms with Gasteiger partial charge in [-0.3, -0.25) is 10.1 Å². The van der Waals surface area contributed by atoms with Crippen LogP contribution in [0.2, 0.25) is 0 Å². The van der Waals surface area contributed by atoms with Gasteiger partial charge in [0.1, 0.15) is 11.3 Å². The highest BCUT2D eigenvalue weighted by Gasteiger charge is 2.24. The Labute approximate surface area is 126 Å². The molecule has 2 heterocycles. The van der Waals surface area contributed by atoms with E-state index in [2.05, 4.69) is 26.6 Å². The molecular weight excluding hydrogens is 320 g/mol. The van der Waals surface area contributed by atoms with E-state index in [0.717, 1.165) is 40.6 Å². The summed E-state index contributed by atoms with van der Waals surface area (Å²) < 4.78 is 6.88. The normalized spacial score (nSPS) is 20.9. The van der Waals surface area contributed by atoms with Gasteiger partial charge >= 0.3 is 0 Å². The lowest BCUT2D eigenvalue weighted by Gasteiger charge is -2.25. The maximum Gasteiger partial charge on any atom is 0.237 e. The summed E-state index contributed by atoms with van der Waals surface area (Å²) in [6.07, 6.45) is 1.89. The molecule has 4 nitrogen and oxygen atoms in total. The maximum atomic E-state index is 11.8. The second kappa shape index (κ2) is 5.58. The molecule has 106 valence electrons. The number of piperidine rings is 1. The molecule has 1 aromatic carbocycles. The topological polar surface area (TPSA) is 54.3 Å². The van der Waals surface area contributed by atoms with Crippen molar-refractivity contribution < 1.29 is 9.21 Å². The number of carbonyl (C=O) groups excluding carboxylic acids is 1. The lowest BCUT2D eigenvalue weighted by molar-refractivity contribution is -0.124. The number of nitrogens with one attached hydrogen (secondary N) is 2. The minimum absolute atomic E-state index is 0.00928. The fourth-order valence-corrected chi connectivity index (χ4v) is 2.94. The molecule has 3 rings (SSSR count). The maximum absolute atomic E-state index is 11.8. The van der Waals surface area contributed by atoms with Crippen molar-refractivity contribution in [2.75, 3.05) is 6.54 Å². The predicted octanol–water partition coefficient (Wildman–Crippen LogP) is 3.12. The number of benzene rings is 1. The molecule has 2 aromatic rings. The number of hydrogen-bond acceptors (Lipinski definition) is 3. The third-order valence-corrected chi connectivity index (χ3v) is 4.15. The molecule has 0 radical (unpaired) electrons. The minimum atomic E-state index is -0.126. The Balaban J connectivity index is 1.77. The van der Waals surface area contributed by atoms with Crippen molar-refractivity contribution in [3.05, 3.63) is 34.5 Å². The largest absolute Gasteiger partial charge is 0.459 e. The van der Waals surface area contributed by atoms with Crippen molar-refractivity contribution >= 4 is 32.8 Å². The number of fused-ring (bicyclic) bond motifs is 1. The van der Waals surface area contributed by atoms with Gasteiger partial charge in [0.25, 0.3) is 0 Å². The highest BCUT2D eigenvalue weighted by atomic mass is 79.9. The second-order valence-corrected chi connectivity index (χ2v) is 6.12. The summed E-state index contributed by atoms with van der Waals surface area (Å²) >= 11 is 3.46. The zero-order valence-electron chi connectivity index (χ0n) is 11.3. The number of furan rings is 1. The summed E-state index contributed by atoms with van der Waals surface area (Å²) in [4.78, 5) is 11.8. The number of amides is 1. The van der Waals surface area contributed by atoms with Crippen LogP contribution in [0, 0.1) is 0 Å². The first-order valence-corrected chi connectivity index (χ1v) is 7.65. The number of halogens is 1. The smallest absolute Gasteiger partial charge is 0.237 e. The van der Waals surface area contributed by atoms with Crippen LogP contribution in [0.25, 0.3) is 11.0 Å². The van der Waals surface area contributed by atoms with Crippen molar-refractivity contribution in [2.45, 2.75) is 31.8 Å². The molecule has 2 unspecified atom stereocenters. The summed E-state index contributed by atoms with van der Waals surface area (Å²) in [5.74, 6) is 0.943. The van der Waals surface area contributed by atoms with Gasteiger partial charge in [0, 0.05) is 16.4 Å². The average molecular weight is 337 g/mol. The summed E-state index contributed by atoms with van der Waals surface area (Å²) in [5, 5.41) is 7.29. The Hall–Kier alpha value is -1.33. The molecule has 5 heteroatoms. The standard InChI is InChI=1S/C15H17BrN2O2/c1-9(18-12-3-2-6-17-15(12)19)14-8-10-7-11(16)4-5-13(10)20-14/h4-5,7-9,12,18H,2-3,6H2,1H3,(H,17,19). The molecule has 1 aliphatic rings. The first-order valence-electron chi connectivity index (χ1n) is 6.86. The molecule has 0 aliphatic carbocycles. The van der Waals surface area contributed by atoms with Gasteiger partial charge in [0.05, 0.1) is 12.1 Å². The summed E-state index contributed by atoms with van der Waals surface area (Å²) in [6, 6.07) is 7.85. The molecule has 1 aliphatic heterocycles. The van der Waals surface area contributed by atoms with E-state index in [9.17, 15) is 4.79 Å². The molecule has 0 saturated carbocycles. The average Bonchev–Trinajstić information content (AvgIpc) is 2.84. The van der Waals surface area contributed by atoms with Crippen molar-refractivity contribution in [3.63, 3.8) is 0 Å². The summed E-state index contributed by atoms with van der Waals surface area (Å²) in [7, 11) is 0. The van der Waals surface area contributed by atoms with Crippen molar-refractivity contribution in [3.8, 4) is 0 Å². The van der Waals surface area contributed by atoms with E-state index in [1.165, 1.54) is 0 Å². The summed E-state index contributed by atoms with van der Waals surface area (Å²) in [5.41, 5.74) is 0.866. The van der Waals surface area contributed by atoms with Gasteiger partial charge in [-0.05, 0) is 44.0 Å². The van der Waals surface area contributed by atoms with E-state index in [-0.39, 0.29) is 18.0 Å². The monoisotopic (exact) mass is 336 g/mol. The lowest BCUT2D eigenvalue weighted by Crippen LogP contribution is -2.48. The molecule has 2 N–H and O–H groups in total. The zero-order valence-corrected chi connectivity index (χ0v) is 12.9. The van der Waals surface area contributed by atoms with E-state index in [0.29, 0.717) is 0 Å². The molecule has 1 aromatic heterocycles. The molecule has 20 heavy (non-hydrogen) atoms. The second-order valence-electron chi connectivity index (χ2n) is 5.21. The van der Waals surface area contributed by atoms with Gasteiger partial charge in [-0.2, -0.15) is 0 Å². The molecule has 1 saturated heterocycles. The molecule has 2 atom stereocenters. The predicted molar refractivity (Wildman–Crippen MR) is 81.5 cm³/mol. The third kappa shape index (κ3) is 2.74. The van der Waals surface area contributed by atoms with Gasteiger partial charge < -0.3 is 9.73 Å². The fraction of sp³-hybridized carbons (Fsp3) is 0.400. The van der Waals surface area contributed by atoms with Crippen LogP contribution in [-0.4, -0.2) is 18.5 Å². The minimum Gasteiger partial charge on any atom is -0.459 e. The van der Waals surface area contributed by atoms with Crippen LogP contribution in [0.4, 0.5) is 0 Å². The van der Waals surface area contributed by atoms with Gasteiger partial charge in [0.2, 0.25) is 5.91 Å². The number of carbonyl (C=O) groups is 1. The van der Waals surface area contributed by atoms with Crippen LogP contribution in [0.5, 0.6) is 0 Å². The van der Waals surface area contributed by atoms with Gasteiger partial charge in [-0.1, -0.05) is 15.9 Å². The molecular formula is C15H17BrN2O2. The van der Waals surface area contributed by atoms with Crippen LogP contribution in [0.3, 0.4) is 0 Å². The summed E-state index contributed by atoms with van der Waals surface area (Å²) in [6.45, 7) is 2.80. The van der Waals surface area contributed by atoms with Crippen molar-refractivity contribution in [1.29, 1.82) is 0 Å². The molecule has 0 bridgehead atoms. The Kier molecular flexibility index (Phi) is 3.81. The Morgan fingerprint density at radius 2 is 2.30 bits per heavy atom. The first kappa shape index (κ1) is 13.6.